The van der Waals surface area contributed by atoms with Crippen molar-refractivity contribution >= 4 is 18.4 Å². The summed E-state index contributed by atoms with van der Waals surface area (Å²) in [5.74, 6) is 0.189. The first-order chi connectivity index (χ1) is 18.6. The maximum absolute atomic E-state index is 13.4. The van der Waals surface area contributed by atoms with Crippen molar-refractivity contribution in [3.05, 3.63) is 30.3 Å². The van der Waals surface area contributed by atoms with E-state index in [0.717, 1.165) is 25.8 Å². The number of hydrogen-bond donors (Lipinski definition) is 1. The summed E-state index contributed by atoms with van der Waals surface area (Å²) in [4.78, 5) is 0.283. The molecular formula is C28H46NO8PS. The Labute approximate surface area is 235 Å². The molecule has 9 nitrogen and oxygen atoms in total. The van der Waals surface area contributed by atoms with Crippen LogP contribution in [-0.4, -0.2) is 83.2 Å². The zero-order chi connectivity index (χ0) is 28.2. The van der Waals surface area contributed by atoms with Crippen molar-refractivity contribution in [2.45, 2.75) is 108 Å². The third-order valence-corrected chi connectivity index (χ3v) is 11.5. The van der Waals surface area contributed by atoms with Crippen LogP contribution < -0.4 is 5.32 Å². The monoisotopic (exact) mass is 587 g/mol. The van der Waals surface area contributed by atoms with Crippen LogP contribution in [0.5, 0.6) is 0 Å². The minimum atomic E-state index is -3.60. The number of hydrogen-bond acceptors (Lipinski definition) is 9. The molecule has 1 N–H and O–H groups in total. The van der Waals surface area contributed by atoms with E-state index >= 15 is 0 Å². The molecule has 39 heavy (non-hydrogen) atoms. The van der Waals surface area contributed by atoms with E-state index in [9.17, 15) is 8.42 Å². The van der Waals surface area contributed by atoms with Crippen LogP contribution in [0.3, 0.4) is 0 Å². The second kappa shape index (κ2) is 14.0. The van der Waals surface area contributed by atoms with E-state index in [2.05, 4.69) is 33.0 Å². The molecule has 3 saturated heterocycles. The zero-order valence-electron chi connectivity index (χ0n) is 24.0. The molecule has 0 radical (unpaired) electrons. The van der Waals surface area contributed by atoms with Gasteiger partial charge in [-0.05, 0) is 51.8 Å². The summed E-state index contributed by atoms with van der Waals surface area (Å²) >= 11 is 0. The Bertz CT molecular complexity index is 995. The topological polar surface area (TPSA) is 102 Å². The number of sulfone groups is 1. The quantitative estimate of drug-likeness (QED) is 0.334. The van der Waals surface area contributed by atoms with E-state index < -0.39 is 24.5 Å². The molecule has 4 rings (SSSR count). The number of ether oxygens (including phenoxy) is 3. The van der Waals surface area contributed by atoms with Crippen LogP contribution in [0.1, 0.15) is 53.9 Å². The Hall–Kier alpha value is -0.680. The highest BCUT2D eigenvalue weighted by atomic mass is 32.2. The van der Waals surface area contributed by atoms with Crippen molar-refractivity contribution in [3.8, 4) is 0 Å². The third-order valence-electron chi connectivity index (χ3n) is 8.51. The molecule has 0 saturated carbocycles. The smallest absolute Gasteiger partial charge is 0.333 e. The summed E-state index contributed by atoms with van der Waals surface area (Å²) in [5.41, 5.74) is 0. The molecule has 11 atom stereocenters. The van der Waals surface area contributed by atoms with Crippen molar-refractivity contribution in [1.82, 2.24) is 5.32 Å². The van der Waals surface area contributed by atoms with Crippen LogP contribution in [0.15, 0.2) is 35.2 Å². The highest BCUT2D eigenvalue weighted by Gasteiger charge is 2.45. The third kappa shape index (κ3) is 7.59. The molecule has 0 aliphatic carbocycles. The molecule has 1 aromatic carbocycles. The van der Waals surface area contributed by atoms with E-state index in [-0.39, 0.29) is 71.8 Å². The predicted molar refractivity (Wildman–Crippen MR) is 150 cm³/mol. The molecule has 0 amide bonds. The fourth-order valence-electron chi connectivity index (χ4n) is 5.78. The molecule has 3 aliphatic rings. The number of rotatable bonds is 13. The van der Waals surface area contributed by atoms with Gasteiger partial charge in [0.2, 0.25) is 0 Å². The van der Waals surface area contributed by atoms with Gasteiger partial charge in [0.25, 0.3) is 0 Å². The van der Waals surface area contributed by atoms with Crippen molar-refractivity contribution in [3.63, 3.8) is 0 Å². The van der Waals surface area contributed by atoms with Gasteiger partial charge in [-0.25, -0.2) is 8.42 Å². The molecule has 3 fully saturated rings. The largest absolute Gasteiger partial charge is 0.378 e. The Balaban J connectivity index is 1.55. The summed E-state index contributed by atoms with van der Waals surface area (Å²) < 4.78 is 64.3. The number of benzene rings is 1. The van der Waals surface area contributed by atoms with Gasteiger partial charge in [-0.2, -0.15) is 0 Å². The Kier molecular flexibility index (Phi) is 11.2. The number of nitrogens with one attached hydrogen (secondary N) is 1. The highest BCUT2D eigenvalue weighted by Crippen LogP contribution is 2.48. The van der Waals surface area contributed by atoms with Gasteiger partial charge in [0, 0.05) is 25.0 Å². The zero-order valence-corrected chi connectivity index (χ0v) is 25.7. The first-order valence-electron chi connectivity index (χ1n) is 14.3. The predicted octanol–water partition coefficient (Wildman–Crippen LogP) is 4.50. The van der Waals surface area contributed by atoms with Crippen LogP contribution in [-0.2, 0) is 37.6 Å². The molecule has 11 heteroatoms. The average molecular weight is 588 g/mol. The van der Waals surface area contributed by atoms with Gasteiger partial charge in [-0.15, -0.1) is 0 Å². The molecule has 0 spiro atoms. The molecule has 3 aliphatic heterocycles. The van der Waals surface area contributed by atoms with E-state index in [0.29, 0.717) is 0 Å². The lowest BCUT2D eigenvalue weighted by atomic mass is 9.98. The Morgan fingerprint density at radius 1 is 1.03 bits per heavy atom. The minimum Gasteiger partial charge on any atom is -0.378 e. The van der Waals surface area contributed by atoms with Crippen LogP contribution in [0.25, 0.3) is 0 Å². The summed E-state index contributed by atoms with van der Waals surface area (Å²) in [6.07, 6.45) is 1.33. The lowest BCUT2D eigenvalue weighted by molar-refractivity contribution is -0.0369. The van der Waals surface area contributed by atoms with Crippen LogP contribution >= 0.6 is 8.60 Å². The molecule has 222 valence electrons. The van der Waals surface area contributed by atoms with Crippen molar-refractivity contribution < 1.29 is 36.2 Å². The van der Waals surface area contributed by atoms with Crippen LogP contribution in [0.4, 0.5) is 0 Å². The van der Waals surface area contributed by atoms with E-state index in [1.807, 2.05) is 13.0 Å². The van der Waals surface area contributed by atoms with Gasteiger partial charge in [0.1, 0.15) is 6.10 Å². The van der Waals surface area contributed by atoms with Crippen molar-refractivity contribution in [1.29, 1.82) is 0 Å². The fraction of sp³-hybridized carbons (Fsp3) is 0.786. The highest BCUT2D eigenvalue weighted by molar-refractivity contribution is 7.91. The molecule has 3 heterocycles. The van der Waals surface area contributed by atoms with E-state index in [1.54, 1.807) is 31.4 Å². The summed E-state index contributed by atoms with van der Waals surface area (Å²) in [5, 5.41) is 3.43. The van der Waals surface area contributed by atoms with Crippen LogP contribution in [0.2, 0.25) is 0 Å². The van der Waals surface area contributed by atoms with Gasteiger partial charge in [-0.3, -0.25) is 0 Å². The number of methoxy groups -OCH3 is 1. The Morgan fingerprint density at radius 2 is 1.69 bits per heavy atom. The van der Waals surface area contributed by atoms with Crippen molar-refractivity contribution in [2.75, 3.05) is 26.0 Å². The summed E-state index contributed by atoms with van der Waals surface area (Å²) in [7, 11) is -3.83. The second-order valence-electron chi connectivity index (χ2n) is 11.1. The maximum atomic E-state index is 13.4. The second-order valence-corrected chi connectivity index (χ2v) is 14.3. The minimum absolute atomic E-state index is 0.0386. The normalized spacial score (nSPS) is 36.8. The van der Waals surface area contributed by atoms with Gasteiger partial charge >= 0.3 is 8.60 Å². The first-order valence-corrected chi connectivity index (χ1v) is 17.0. The van der Waals surface area contributed by atoms with Crippen LogP contribution in [0, 0.1) is 11.8 Å². The standard InChI is InChI=1S/C28H46NO8PS/c1-7-24-28(19(3)21(5)34-24)37-38(33-16-25-27(32-6)18(2)20(4)35-25)36-26(23-14-11-15-29-23)17-39(30,31)22-12-9-8-10-13-22/h8-10,12-13,18-21,23-29H,7,11,14-17H2,1-6H3/t18-,19-,20+,21+,23?,24-,25-,26-,27?,28?,38-/m1/s1. The summed E-state index contributed by atoms with van der Waals surface area (Å²) in [6.45, 7) is 11.4. The maximum Gasteiger partial charge on any atom is 0.333 e. The lowest BCUT2D eigenvalue weighted by Gasteiger charge is -2.31. The van der Waals surface area contributed by atoms with Gasteiger partial charge in [0.05, 0.1) is 53.9 Å². The SMILES string of the molecule is CC[C@H]1O[C@@H](C)[C@@H](C)C1O[P@](OC[C@H]1O[C@@H](C)[C@@H](C)C1OC)O[C@H](CS(=O)(=O)c1ccccc1)C1CCCN1. The van der Waals surface area contributed by atoms with Crippen molar-refractivity contribution in [2.24, 2.45) is 11.8 Å². The average Bonchev–Trinajstić information content (AvgIpc) is 3.62. The molecule has 0 bridgehead atoms. The fourth-order valence-corrected chi connectivity index (χ4v) is 8.78. The Morgan fingerprint density at radius 3 is 2.31 bits per heavy atom. The van der Waals surface area contributed by atoms with Gasteiger partial charge < -0.3 is 33.1 Å². The van der Waals surface area contributed by atoms with Gasteiger partial charge in [0.15, 0.2) is 9.84 Å². The van der Waals surface area contributed by atoms with E-state index in [4.69, 9.17) is 27.8 Å². The lowest BCUT2D eigenvalue weighted by Crippen LogP contribution is -2.41. The molecule has 3 unspecified atom stereocenters. The summed E-state index contributed by atoms with van der Waals surface area (Å²) in [6, 6.07) is 8.41. The van der Waals surface area contributed by atoms with Gasteiger partial charge in [-0.1, -0.05) is 39.0 Å². The molecule has 0 aromatic heterocycles. The molecule has 1 aromatic rings. The first kappa shape index (κ1) is 31.3. The molecular weight excluding hydrogens is 541 g/mol. The van der Waals surface area contributed by atoms with E-state index in [1.165, 1.54) is 0 Å².